The summed E-state index contributed by atoms with van der Waals surface area (Å²) in [5, 5.41) is 19.0. The summed E-state index contributed by atoms with van der Waals surface area (Å²) < 4.78 is 5.36. The van der Waals surface area contributed by atoms with Gasteiger partial charge in [0.1, 0.15) is 17.8 Å². The predicted octanol–water partition coefficient (Wildman–Crippen LogP) is 1.31. The van der Waals surface area contributed by atoms with Crippen molar-refractivity contribution in [2.24, 2.45) is 20.8 Å². The van der Waals surface area contributed by atoms with E-state index in [0.29, 0.717) is 35.7 Å². The molecule has 0 aliphatic carbocycles. The number of anilines is 1. The lowest BCUT2D eigenvalue weighted by molar-refractivity contribution is 0.193. The van der Waals surface area contributed by atoms with E-state index >= 15 is 0 Å². The number of aryl methyl sites for hydroxylation is 1. The number of benzene rings is 1. The number of phenolic OH excluding ortho intramolecular Hbond substituents is 1. The Kier molecular flexibility index (Phi) is 3.68. The van der Waals surface area contributed by atoms with Crippen LogP contribution >= 0.6 is 0 Å². The average Bonchev–Trinajstić information content (AvgIpc) is 3.42. The van der Waals surface area contributed by atoms with Crippen LogP contribution in [0.3, 0.4) is 0 Å². The highest BCUT2D eigenvalue weighted by Crippen LogP contribution is 2.28. The van der Waals surface area contributed by atoms with E-state index in [1.807, 2.05) is 17.1 Å². The number of phenols is 1. The highest BCUT2D eigenvalue weighted by Gasteiger charge is 2.37. The Labute approximate surface area is 160 Å². The number of hydrazine groups is 2. The number of aromatic hydroxyl groups is 1. The van der Waals surface area contributed by atoms with Crippen molar-refractivity contribution in [2.75, 3.05) is 11.7 Å². The van der Waals surface area contributed by atoms with Gasteiger partial charge in [0.25, 0.3) is 0 Å². The van der Waals surface area contributed by atoms with Crippen molar-refractivity contribution in [3.8, 4) is 5.75 Å². The van der Waals surface area contributed by atoms with E-state index < -0.39 is 0 Å². The average molecular weight is 378 g/mol. The molecule has 4 heterocycles. The summed E-state index contributed by atoms with van der Waals surface area (Å²) in [7, 11) is 0. The maximum Gasteiger partial charge on any atom is 0.235 e. The van der Waals surface area contributed by atoms with E-state index in [-0.39, 0.29) is 5.75 Å². The van der Waals surface area contributed by atoms with E-state index in [1.165, 1.54) is 5.12 Å². The van der Waals surface area contributed by atoms with Crippen molar-refractivity contribution >= 4 is 24.0 Å². The summed E-state index contributed by atoms with van der Waals surface area (Å²) in [5.41, 5.74) is 11.1. The van der Waals surface area contributed by atoms with Crippen molar-refractivity contribution < 1.29 is 9.52 Å². The fourth-order valence-electron chi connectivity index (χ4n) is 3.23. The topological polar surface area (TPSA) is 118 Å². The molecular formula is C18H18N8O2. The summed E-state index contributed by atoms with van der Waals surface area (Å²) >= 11 is 0. The van der Waals surface area contributed by atoms with Crippen LogP contribution < -0.4 is 16.3 Å². The Morgan fingerprint density at radius 1 is 1.18 bits per heavy atom. The lowest BCUT2D eigenvalue weighted by atomic mass is 10.1. The fraction of sp³-hybridized carbons (Fsp3) is 0.167. The van der Waals surface area contributed by atoms with E-state index in [4.69, 9.17) is 10.2 Å². The van der Waals surface area contributed by atoms with E-state index in [1.54, 1.807) is 41.9 Å². The molecule has 0 spiro atoms. The minimum absolute atomic E-state index is 0.272. The molecule has 0 atom stereocenters. The zero-order valence-corrected chi connectivity index (χ0v) is 14.9. The van der Waals surface area contributed by atoms with Crippen LogP contribution in [0.2, 0.25) is 0 Å². The second-order valence-electron chi connectivity index (χ2n) is 6.46. The molecule has 0 fully saturated rings. The number of amidine groups is 1. The van der Waals surface area contributed by atoms with Gasteiger partial charge in [-0.05, 0) is 36.6 Å². The second-order valence-corrected chi connectivity index (χ2v) is 6.46. The van der Waals surface area contributed by atoms with Crippen molar-refractivity contribution in [2.45, 2.75) is 12.8 Å². The molecule has 0 radical (unpaired) electrons. The maximum atomic E-state index is 9.38. The zero-order valence-electron chi connectivity index (χ0n) is 14.9. The molecule has 5 rings (SSSR count). The molecule has 142 valence electrons. The first-order valence-corrected chi connectivity index (χ1v) is 8.85. The highest BCUT2D eigenvalue weighted by atomic mass is 16.4. The van der Waals surface area contributed by atoms with Gasteiger partial charge >= 0.3 is 0 Å². The first kappa shape index (κ1) is 16.2. The molecule has 0 amide bonds. The van der Waals surface area contributed by atoms with E-state index in [2.05, 4.69) is 20.5 Å². The number of rotatable bonds is 5. The minimum Gasteiger partial charge on any atom is -0.508 e. The van der Waals surface area contributed by atoms with Crippen molar-refractivity contribution in [1.82, 2.24) is 15.4 Å². The van der Waals surface area contributed by atoms with Crippen LogP contribution in [0.25, 0.3) is 0 Å². The molecule has 0 unspecified atom stereocenters. The van der Waals surface area contributed by atoms with Gasteiger partial charge in [-0.3, -0.25) is 10.4 Å². The van der Waals surface area contributed by atoms with Gasteiger partial charge in [-0.15, -0.1) is 10.2 Å². The first-order valence-electron chi connectivity index (χ1n) is 8.85. The normalized spacial score (nSPS) is 17.5. The smallest absolute Gasteiger partial charge is 0.235 e. The third-order valence-electron chi connectivity index (χ3n) is 4.57. The number of nitrogens with two attached hydrogens (primary N) is 1. The molecule has 1 aromatic carbocycles. The molecule has 0 bridgehead atoms. The van der Waals surface area contributed by atoms with Crippen LogP contribution in [0, 0.1) is 0 Å². The van der Waals surface area contributed by atoms with Crippen molar-refractivity contribution in [3.63, 3.8) is 0 Å². The Bertz CT molecular complexity index is 1010. The first-order chi connectivity index (χ1) is 13.7. The van der Waals surface area contributed by atoms with Gasteiger partial charge in [0.05, 0.1) is 6.26 Å². The molecule has 4 N–H and O–H groups in total. The molecule has 10 heteroatoms. The maximum absolute atomic E-state index is 9.38. The molecule has 3 aliphatic rings. The van der Waals surface area contributed by atoms with Crippen LogP contribution in [-0.4, -0.2) is 39.8 Å². The Hall–Kier alpha value is -3.95. The molecule has 1 aromatic heterocycles. The summed E-state index contributed by atoms with van der Waals surface area (Å²) in [5.74, 6) is 2.23. The highest BCUT2D eigenvalue weighted by molar-refractivity contribution is 6.10. The number of hydrogen-bond donors (Lipinski definition) is 3. The van der Waals surface area contributed by atoms with Crippen LogP contribution in [0.4, 0.5) is 5.88 Å². The van der Waals surface area contributed by atoms with Gasteiger partial charge in [0.15, 0.2) is 5.82 Å². The lowest BCUT2D eigenvalue weighted by Crippen LogP contribution is -2.49. The zero-order chi connectivity index (χ0) is 19.1. The third kappa shape index (κ3) is 2.71. The molecule has 3 aliphatic heterocycles. The SMILES string of the molecule is NC1=NC2=NN(c3ccco3)NC2=C2N=CN(CCCc3ccc(O)cc3)N12. The third-order valence-corrected chi connectivity index (χ3v) is 4.57. The number of guanidine groups is 1. The number of hydrogen-bond acceptors (Lipinski definition) is 10. The monoisotopic (exact) mass is 378 g/mol. The number of hydrazone groups is 1. The Balaban J connectivity index is 1.29. The lowest BCUT2D eigenvalue weighted by Gasteiger charge is -2.31. The largest absolute Gasteiger partial charge is 0.508 e. The van der Waals surface area contributed by atoms with Crippen LogP contribution in [0.5, 0.6) is 5.75 Å². The minimum atomic E-state index is 0.272. The van der Waals surface area contributed by atoms with Crippen molar-refractivity contribution in [1.29, 1.82) is 0 Å². The number of furan rings is 1. The fourth-order valence-corrected chi connectivity index (χ4v) is 3.23. The number of fused-ring (bicyclic) bond motifs is 2. The summed E-state index contributed by atoms with van der Waals surface area (Å²) in [6.45, 7) is 0.714. The van der Waals surface area contributed by atoms with Crippen molar-refractivity contribution in [3.05, 3.63) is 59.7 Å². The van der Waals surface area contributed by atoms with Gasteiger partial charge in [-0.25, -0.2) is 4.99 Å². The van der Waals surface area contributed by atoms with Crippen LogP contribution in [0.15, 0.2) is 73.7 Å². The summed E-state index contributed by atoms with van der Waals surface area (Å²) in [6.07, 6.45) is 5.07. The number of nitrogens with one attached hydrogen (secondary N) is 1. The van der Waals surface area contributed by atoms with Crippen LogP contribution in [-0.2, 0) is 6.42 Å². The summed E-state index contributed by atoms with van der Waals surface area (Å²) in [6, 6.07) is 10.8. The molecule has 0 saturated carbocycles. The second kappa shape index (κ2) is 6.34. The quantitative estimate of drug-likeness (QED) is 0.718. The van der Waals surface area contributed by atoms with E-state index in [0.717, 1.165) is 18.4 Å². The molecule has 10 nitrogen and oxygen atoms in total. The Morgan fingerprint density at radius 3 is 2.82 bits per heavy atom. The molecule has 0 saturated heterocycles. The predicted molar refractivity (Wildman–Crippen MR) is 104 cm³/mol. The van der Waals surface area contributed by atoms with Crippen LogP contribution in [0.1, 0.15) is 12.0 Å². The molecular weight excluding hydrogens is 360 g/mol. The molecule has 28 heavy (non-hydrogen) atoms. The van der Waals surface area contributed by atoms with Gasteiger partial charge in [0.2, 0.25) is 17.7 Å². The number of aliphatic imine (C=N–C) groups is 2. The van der Waals surface area contributed by atoms with Gasteiger partial charge in [-0.2, -0.15) is 10.0 Å². The summed E-state index contributed by atoms with van der Waals surface area (Å²) in [4.78, 5) is 8.89. The van der Waals surface area contributed by atoms with Gasteiger partial charge in [0, 0.05) is 12.6 Å². The number of nitrogens with zero attached hydrogens (tertiary/aromatic N) is 6. The van der Waals surface area contributed by atoms with Gasteiger partial charge in [-0.1, -0.05) is 12.1 Å². The molecule has 2 aromatic rings. The standard InChI is InChI=1S/C18H18N8O2/c19-18-21-16-15(22-26(23-16)14-4-2-10-28-14)17-20-11-24(25(17)18)9-1-3-12-5-7-13(27)8-6-12/h2,4-8,10-11,22,27H,1,3,9H2,(H2,19,21,23). The Morgan fingerprint density at radius 2 is 2.04 bits per heavy atom. The van der Waals surface area contributed by atoms with Gasteiger partial charge < -0.3 is 15.3 Å². The van der Waals surface area contributed by atoms with E-state index in [9.17, 15) is 5.11 Å².